The zero-order valence-corrected chi connectivity index (χ0v) is 11.0. The average molecular weight is 271 g/mol. The van der Waals surface area contributed by atoms with Crippen LogP contribution in [-0.2, 0) is 13.6 Å². The molecule has 4 nitrogen and oxygen atoms in total. The first-order valence-electron chi connectivity index (χ1n) is 6.28. The van der Waals surface area contributed by atoms with Gasteiger partial charge in [0.2, 0.25) is 0 Å². The zero-order valence-electron chi connectivity index (χ0n) is 11.0. The minimum absolute atomic E-state index is 0.223. The number of anilines is 1. The maximum atomic E-state index is 13.7. The highest BCUT2D eigenvalue weighted by atomic mass is 19.1. The van der Waals surface area contributed by atoms with Gasteiger partial charge in [-0.3, -0.25) is 0 Å². The third-order valence-electron chi connectivity index (χ3n) is 3.27. The molecule has 0 saturated carbocycles. The summed E-state index contributed by atoms with van der Waals surface area (Å²) in [7, 11) is 1.86. The summed E-state index contributed by atoms with van der Waals surface area (Å²) in [6.45, 7) is 0.482. The number of phenols is 1. The van der Waals surface area contributed by atoms with E-state index in [4.69, 9.17) is 0 Å². The van der Waals surface area contributed by atoms with Crippen molar-refractivity contribution in [2.45, 2.75) is 6.54 Å². The molecule has 5 heteroatoms. The van der Waals surface area contributed by atoms with E-state index in [-0.39, 0.29) is 11.6 Å². The highest BCUT2D eigenvalue weighted by Crippen LogP contribution is 2.19. The van der Waals surface area contributed by atoms with E-state index in [0.717, 1.165) is 17.0 Å². The molecule has 3 aromatic rings. The van der Waals surface area contributed by atoms with Crippen LogP contribution in [0.2, 0.25) is 0 Å². The van der Waals surface area contributed by atoms with Crippen LogP contribution in [-0.4, -0.2) is 14.7 Å². The van der Waals surface area contributed by atoms with Gasteiger partial charge < -0.3 is 15.0 Å². The Balaban J connectivity index is 1.86. The summed E-state index contributed by atoms with van der Waals surface area (Å²) >= 11 is 0. The second kappa shape index (κ2) is 4.85. The molecule has 2 N–H and O–H groups in total. The average Bonchev–Trinajstić information content (AvgIpc) is 2.77. The fourth-order valence-electron chi connectivity index (χ4n) is 2.15. The number of benzene rings is 2. The summed E-state index contributed by atoms with van der Waals surface area (Å²) in [6, 6.07) is 11.7. The summed E-state index contributed by atoms with van der Waals surface area (Å²) in [5.41, 5.74) is 2.03. The number of phenolic OH excluding ortho intramolecular Hbond substituents is 1. The Hall–Kier alpha value is -2.56. The first-order valence-corrected chi connectivity index (χ1v) is 6.28. The third-order valence-corrected chi connectivity index (χ3v) is 3.27. The standard InChI is InChI=1S/C15H14FN3O/c1-19-13-4-2-3-12(16)15(13)18-14(19)9-17-10-5-7-11(20)8-6-10/h2-8,17,20H,9H2,1H3. The molecule has 0 radical (unpaired) electrons. The van der Waals surface area contributed by atoms with Gasteiger partial charge in [0.25, 0.3) is 0 Å². The molecule has 20 heavy (non-hydrogen) atoms. The molecule has 0 amide bonds. The Morgan fingerprint density at radius 3 is 2.65 bits per heavy atom. The first kappa shape index (κ1) is 12.5. The zero-order chi connectivity index (χ0) is 14.1. The minimum Gasteiger partial charge on any atom is -0.508 e. The molecule has 2 aromatic carbocycles. The highest BCUT2D eigenvalue weighted by molar-refractivity contribution is 5.76. The van der Waals surface area contributed by atoms with Crippen molar-refractivity contribution in [1.82, 2.24) is 9.55 Å². The largest absolute Gasteiger partial charge is 0.508 e. The van der Waals surface area contributed by atoms with Crippen LogP contribution in [0, 0.1) is 5.82 Å². The van der Waals surface area contributed by atoms with Crippen molar-refractivity contribution in [2.75, 3.05) is 5.32 Å². The van der Waals surface area contributed by atoms with Gasteiger partial charge in [0, 0.05) is 12.7 Å². The van der Waals surface area contributed by atoms with Gasteiger partial charge in [-0.25, -0.2) is 9.37 Å². The van der Waals surface area contributed by atoms with E-state index in [1.54, 1.807) is 30.3 Å². The number of para-hydroxylation sites is 1. The molecule has 0 aliphatic rings. The summed E-state index contributed by atoms with van der Waals surface area (Å²) in [5, 5.41) is 12.4. The van der Waals surface area contributed by atoms with Gasteiger partial charge in [0.15, 0.2) is 5.82 Å². The van der Waals surface area contributed by atoms with Crippen molar-refractivity contribution in [3.63, 3.8) is 0 Å². The second-order valence-electron chi connectivity index (χ2n) is 4.60. The monoisotopic (exact) mass is 271 g/mol. The number of aromatic nitrogens is 2. The number of nitrogens with one attached hydrogen (secondary N) is 1. The van der Waals surface area contributed by atoms with Crippen LogP contribution in [0.3, 0.4) is 0 Å². The van der Waals surface area contributed by atoms with Gasteiger partial charge in [0.05, 0.1) is 12.1 Å². The SMILES string of the molecule is Cn1c(CNc2ccc(O)cc2)nc2c(F)cccc21. The van der Waals surface area contributed by atoms with Crippen LogP contribution in [0.5, 0.6) is 5.75 Å². The predicted molar refractivity (Wildman–Crippen MR) is 76.1 cm³/mol. The van der Waals surface area contributed by atoms with E-state index in [2.05, 4.69) is 10.3 Å². The topological polar surface area (TPSA) is 50.1 Å². The minimum atomic E-state index is -0.311. The smallest absolute Gasteiger partial charge is 0.151 e. The van der Waals surface area contributed by atoms with Gasteiger partial charge in [-0.2, -0.15) is 0 Å². The Labute approximate surface area is 115 Å². The van der Waals surface area contributed by atoms with Crippen LogP contribution in [0.25, 0.3) is 11.0 Å². The lowest BCUT2D eigenvalue weighted by Crippen LogP contribution is -2.05. The molecule has 1 aromatic heterocycles. The van der Waals surface area contributed by atoms with Crippen LogP contribution >= 0.6 is 0 Å². The van der Waals surface area contributed by atoms with Crippen molar-refractivity contribution < 1.29 is 9.50 Å². The van der Waals surface area contributed by atoms with Crippen molar-refractivity contribution in [2.24, 2.45) is 7.05 Å². The van der Waals surface area contributed by atoms with E-state index in [1.165, 1.54) is 6.07 Å². The molecule has 0 spiro atoms. The normalized spacial score (nSPS) is 10.9. The Kier molecular flexibility index (Phi) is 3.02. The van der Waals surface area contributed by atoms with Crippen LogP contribution < -0.4 is 5.32 Å². The fraction of sp³-hybridized carbons (Fsp3) is 0.133. The quantitative estimate of drug-likeness (QED) is 0.720. The molecule has 0 unspecified atom stereocenters. The second-order valence-corrected chi connectivity index (χ2v) is 4.60. The number of nitrogens with zero attached hydrogens (tertiary/aromatic N) is 2. The number of imidazole rings is 1. The molecule has 0 fully saturated rings. The number of rotatable bonds is 3. The molecule has 102 valence electrons. The molecule has 3 rings (SSSR count). The van der Waals surface area contributed by atoms with Crippen LogP contribution in [0.4, 0.5) is 10.1 Å². The predicted octanol–water partition coefficient (Wildman–Crippen LogP) is 3.03. The number of fused-ring (bicyclic) bond motifs is 1. The molecule has 0 aliphatic heterocycles. The third kappa shape index (κ3) is 2.18. The Morgan fingerprint density at radius 1 is 1.20 bits per heavy atom. The number of hydrogen-bond acceptors (Lipinski definition) is 3. The van der Waals surface area contributed by atoms with Crippen LogP contribution in [0.1, 0.15) is 5.82 Å². The molecular formula is C15H14FN3O. The van der Waals surface area contributed by atoms with Gasteiger partial charge in [0.1, 0.15) is 17.1 Å². The molecular weight excluding hydrogens is 257 g/mol. The number of aromatic hydroxyl groups is 1. The van der Waals surface area contributed by atoms with Crippen molar-refractivity contribution >= 4 is 16.7 Å². The van der Waals surface area contributed by atoms with E-state index >= 15 is 0 Å². The number of halogens is 1. The molecule has 1 heterocycles. The molecule has 0 bridgehead atoms. The van der Waals surface area contributed by atoms with Crippen LogP contribution in [0.15, 0.2) is 42.5 Å². The lowest BCUT2D eigenvalue weighted by molar-refractivity contribution is 0.475. The summed E-state index contributed by atoms with van der Waals surface area (Å²) < 4.78 is 15.5. The fourth-order valence-corrected chi connectivity index (χ4v) is 2.15. The van der Waals surface area contributed by atoms with Crippen molar-refractivity contribution in [1.29, 1.82) is 0 Å². The number of aryl methyl sites for hydroxylation is 1. The Morgan fingerprint density at radius 2 is 1.95 bits per heavy atom. The molecule has 0 saturated heterocycles. The lowest BCUT2D eigenvalue weighted by atomic mass is 10.3. The molecule has 0 atom stereocenters. The summed E-state index contributed by atoms with van der Waals surface area (Å²) in [5.74, 6) is 0.660. The maximum absolute atomic E-state index is 13.7. The van der Waals surface area contributed by atoms with E-state index in [1.807, 2.05) is 17.7 Å². The van der Waals surface area contributed by atoms with E-state index in [0.29, 0.717) is 12.1 Å². The van der Waals surface area contributed by atoms with Crippen molar-refractivity contribution in [3.05, 3.63) is 54.1 Å². The Bertz CT molecular complexity index is 750. The summed E-state index contributed by atoms with van der Waals surface area (Å²) in [4.78, 5) is 4.32. The first-order chi connectivity index (χ1) is 9.65. The van der Waals surface area contributed by atoms with Gasteiger partial charge in [-0.1, -0.05) is 6.07 Å². The van der Waals surface area contributed by atoms with Gasteiger partial charge in [-0.05, 0) is 36.4 Å². The molecule has 0 aliphatic carbocycles. The highest BCUT2D eigenvalue weighted by Gasteiger charge is 2.10. The van der Waals surface area contributed by atoms with Crippen molar-refractivity contribution in [3.8, 4) is 5.75 Å². The summed E-state index contributed by atoms with van der Waals surface area (Å²) in [6.07, 6.45) is 0. The number of hydrogen-bond donors (Lipinski definition) is 2. The van der Waals surface area contributed by atoms with Gasteiger partial charge in [-0.15, -0.1) is 0 Å². The van der Waals surface area contributed by atoms with E-state index in [9.17, 15) is 9.50 Å². The maximum Gasteiger partial charge on any atom is 0.151 e. The lowest BCUT2D eigenvalue weighted by Gasteiger charge is -2.06. The van der Waals surface area contributed by atoms with E-state index < -0.39 is 0 Å². The van der Waals surface area contributed by atoms with Gasteiger partial charge >= 0.3 is 0 Å².